The number of hydrogen-bond donors (Lipinski definition) is 3. The number of carbonyl (C=O) groups is 1. The third-order valence-corrected chi connectivity index (χ3v) is 3.34. The summed E-state index contributed by atoms with van der Waals surface area (Å²) in [6.45, 7) is 10.5. The first kappa shape index (κ1) is 19.4. The van der Waals surface area contributed by atoms with E-state index < -0.39 is 0 Å². The van der Waals surface area contributed by atoms with Gasteiger partial charge in [0.1, 0.15) is 0 Å². The zero-order chi connectivity index (χ0) is 15.4. The fourth-order valence-corrected chi connectivity index (χ4v) is 2.03. The molecular weight excluding hydrogens is 250 g/mol. The maximum absolute atomic E-state index is 11.8. The van der Waals surface area contributed by atoms with Gasteiger partial charge in [0.05, 0.1) is 6.04 Å². The summed E-state index contributed by atoms with van der Waals surface area (Å²) < 4.78 is 0. The first-order valence-corrected chi connectivity index (χ1v) is 8.20. The molecule has 0 saturated carbocycles. The summed E-state index contributed by atoms with van der Waals surface area (Å²) in [4.78, 5) is 11.8. The van der Waals surface area contributed by atoms with Crippen molar-refractivity contribution in [3.05, 3.63) is 0 Å². The average Bonchev–Trinajstić information content (AvgIpc) is 2.36. The lowest BCUT2D eigenvalue weighted by molar-refractivity contribution is -0.122. The Kier molecular flexibility index (Phi) is 11.8. The molecule has 0 aromatic rings. The summed E-state index contributed by atoms with van der Waals surface area (Å²) in [7, 11) is 0. The van der Waals surface area contributed by atoms with Crippen LogP contribution in [0.4, 0.5) is 0 Å². The summed E-state index contributed by atoms with van der Waals surface area (Å²) in [6.07, 6.45) is 6.31. The molecule has 0 fully saturated rings. The van der Waals surface area contributed by atoms with E-state index in [1.54, 1.807) is 0 Å². The van der Waals surface area contributed by atoms with Crippen LogP contribution in [-0.2, 0) is 4.79 Å². The molecule has 0 aromatic carbocycles. The van der Waals surface area contributed by atoms with Crippen LogP contribution in [0.3, 0.4) is 0 Å². The lowest BCUT2D eigenvalue weighted by atomic mass is 10.1. The first-order chi connectivity index (χ1) is 9.43. The van der Waals surface area contributed by atoms with Crippen LogP contribution >= 0.6 is 0 Å². The summed E-state index contributed by atoms with van der Waals surface area (Å²) >= 11 is 0. The van der Waals surface area contributed by atoms with Crippen LogP contribution in [-0.4, -0.2) is 31.1 Å². The quantitative estimate of drug-likeness (QED) is 0.482. The van der Waals surface area contributed by atoms with Gasteiger partial charge in [-0.05, 0) is 31.7 Å². The summed E-state index contributed by atoms with van der Waals surface area (Å²) in [5.74, 6) is 0.749. The molecule has 0 unspecified atom stereocenters. The predicted molar refractivity (Wildman–Crippen MR) is 86.7 cm³/mol. The molecule has 120 valence electrons. The van der Waals surface area contributed by atoms with Crippen molar-refractivity contribution in [2.24, 2.45) is 11.7 Å². The van der Waals surface area contributed by atoms with Crippen molar-refractivity contribution in [2.45, 2.75) is 78.3 Å². The van der Waals surface area contributed by atoms with E-state index >= 15 is 0 Å². The lowest BCUT2D eigenvalue weighted by Crippen LogP contribution is -2.41. The number of unbranched alkanes of at least 4 members (excludes halogenated alkanes) is 2. The number of hydrogen-bond acceptors (Lipinski definition) is 3. The monoisotopic (exact) mass is 285 g/mol. The second kappa shape index (κ2) is 12.2. The largest absolute Gasteiger partial charge is 0.355 e. The van der Waals surface area contributed by atoms with E-state index in [0.717, 1.165) is 44.7 Å². The van der Waals surface area contributed by atoms with Crippen molar-refractivity contribution < 1.29 is 4.79 Å². The number of carbonyl (C=O) groups excluding carboxylic acids is 1. The Balaban J connectivity index is 3.47. The lowest BCUT2D eigenvalue weighted by Gasteiger charge is -2.13. The number of rotatable bonds is 12. The Morgan fingerprint density at radius 3 is 2.15 bits per heavy atom. The van der Waals surface area contributed by atoms with Gasteiger partial charge in [0.2, 0.25) is 5.91 Å². The minimum atomic E-state index is -0.348. The van der Waals surface area contributed by atoms with Gasteiger partial charge >= 0.3 is 0 Å². The molecule has 1 amide bonds. The minimum absolute atomic E-state index is 0.00589. The molecule has 20 heavy (non-hydrogen) atoms. The van der Waals surface area contributed by atoms with Gasteiger partial charge < -0.3 is 16.4 Å². The van der Waals surface area contributed by atoms with Crippen LogP contribution in [0.5, 0.6) is 0 Å². The van der Waals surface area contributed by atoms with Crippen molar-refractivity contribution in [1.29, 1.82) is 0 Å². The van der Waals surface area contributed by atoms with Gasteiger partial charge in [0.15, 0.2) is 0 Å². The van der Waals surface area contributed by atoms with Gasteiger partial charge in [0.25, 0.3) is 0 Å². The molecule has 0 spiro atoms. The van der Waals surface area contributed by atoms with Crippen molar-refractivity contribution in [3.8, 4) is 0 Å². The van der Waals surface area contributed by atoms with Gasteiger partial charge in [-0.2, -0.15) is 0 Å². The summed E-state index contributed by atoms with van der Waals surface area (Å²) in [5, 5.41) is 6.30. The first-order valence-electron chi connectivity index (χ1n) is 8.20. The van der Waals surface area contributed by atoms with Gasteiger partial charge in [-0.3, -0.25) is 4.79 Å². The van der Waals surface area contributed by atoms with E-state index in [1.165, 1.54) is 12.8 Å². The predicted octanol–water partition coefficient (Wildman–Crippen LogP) is 2.42. The van der Waals surface area contributed by atoms with Crippen LogP contribution in [0.15, 0.2) is 0 Å². The van der Waals surface area contributed by atoms with E-state index in [1.807, 2.05) is 0 Å². The molecule has 0 rings (SSSR count). The molecule has 4 nitrogen and oxygen atoms in total. The van der Waals surface area contributed by atoms with Crippen LogP contribution in [0.2, 0.25) is 0 Å². The summed E-state index contributed by atoms with van der Waals surface area (Å²) in [5.41, 5.74) is 5.89. The van der Waals surface area contributed by atoms with E-state index in [-0.39, 0.29) is 11.9 Å². The third kappa shape index (κ3) is 12.4. The van der Waals surface area contributed by atoms with Crippen molar-refractivity contribution in [1.82, 2.24) is 10.6 Å². The Morgan fingerprint density at radius 2 is 1.55 bits per heavy atom. The van der Waals surface area contributed by atoms with Crippen molar-refractivity contribution >= 4 is 5.91 Å². The molecule has 0 aliphatic heterocycles. The highest BCUT2D eigenvalue weighted by Gasteiger charge is 2.11. The molecule has 0 heterocycles. The van der Waals surface area contributed by atoms with E-state index in [9.17, 15) is 4.79 Å². The molecule has 0 radical (unpaired) electrons. The molecule has 0 aromatic heterocycles. The molecule has 0 aliphatic carbocycles. The topological polar surface area (TPSA) is 67.2 Å². The summed E-state index contributed by atoms with van der Waals surface area (Å²) in [6, 6.07) is 0.178. The second-order valence-corrected chi connectivity index (χ2v) is 6.39. The Bertz CT molecular complexity index is 242. The normalized spacial score (nSPS) is 12.9. The van der Waals surface area contributed by atoms with Gasteiger partial charge in [-0.1, -0.05) is 47.0 Å². The standard InChI is InChI=1S/C16H35N3O/c1-13(2)9-5-7-12-19-16(20)15(17)10-6-8-11-18-14(3)4/h13-15,18H,5-12,17H2,1-4H3,(H,19,20)/t15-/m1/s1. The average molecular weight is 285 g/mol. The molecule has 0 aliphatic rings. The highest BCUT2D eigenvalue weighted by atomic mass is 16.2. The Labute approximate surface area is 125 Å². The number of nitrogens with one attached hydrogen (secondary N) is 2. The van der Waals surface area contributed by atoms with E-state index in [2.05, 4.69) is 38.3 Å². The third-order valence-electron chi connectivity index (χ3n) is 3.34. The van der Waals surface area contributed by atoms with Gasteiger partial charge in [-0.15, -0.1) is 0 Å². The molecule has 1 atom stereocenters. The molecule has 0 saturated heterocycles. The van der Waals surface area contributed by atoms with Crippen LogP contribution < -0.4 is 16.4 Å². The minimum Gasteiger partial charge on any atom is -0.355 e. The van der Waals surface area contributed by atoms with Gasteiger partial charge in [-0.25, -0.2) is 0 Å². The van der Waals surface area contributed by atoms with Crippen LogP contribution in [0, 0.1) is 5.92 Å². The zero-order valence-electron chi connectivity index (χ0n) is 13.9. The Morgan fingerprint density at radius 1 is 0.950 bits per heavy atom. The number of nitrogens with two attached hydrogens (primary N) is 1. The van der Waals surface area contributed by atoms with E-state index in [0.29, 0.717) is 6.04 Å². The SMILES string of the molecule is CC(C)CCCCNC(=O)[C@H](N)CCCCNC(C)C. The smallest absolute Gasteiger partial charge is 0.236 e. The fraction of sp³-hybridized carbons (Fsp3) is 0.938. The fourth-order valence-electron chi connectivity index (χ4n) is 2.03. The molecule has 4 heteroatoms. The van der Waals surface area contributed by atoms with Crippen molar-refractivity contribution in [3.63, 3.8) is 0 Å². The molecular formula is C16H35N3O. The Hall–Kier alpha value is -0.610. The second-order valence-electron chi connectivity index (χ2n) is 6.39. The maximum atomic E-state index is 11.8. The molecule has 4 N–H and O–H groups in total. The van der Waals surface area contributed by atoms with Crippen LogP contribution in [0.25, 0.3) is 0 Å². The van der Waals surface area contributed by atoms with E-state index in [4.69, 9.17) is 5.73 Å². The van der Waals surface area contributed by atoms with Crippen LogP contribution in [0.1, 0.15) is 66.2 Å². The van der Waals surface area contributed by atoms with Gasteiger partial charge in [0, 0.05) is 12.6 Å². The maximum Gasteiger partial charge on any atom is 0.236 e. The molecule has 0 bridgehead atoms. The highest BCUT2D eigenvalue weighted by Crippen LogP contribution is 2.05. The zero-order valence-corrected chi connectivity index (χ0v) is 13.9. The van der Waals surface area contributed by atoms with Crippen molar-refractivity contribution in [2.75, 3.05) is 13.1 Å². The highest BCUT2D eigenvalue weighted by molar-refractivity contribution is 5.81. The number of amides is 1.